The van der Waals surface area contributed by atoms with E-state index in [4.69, 9.17) is 4.74 Å². The number of hydrogen-bond donors (Lipinski definition) is 1. The summed E-state index contributed by atoms with van der Waals surface area (Å²) in [6, 6.07) is 6.12. The molecular weight excluding hydrogens is 224 g/mol. The SMILES string of the molecule is CCCC(C)C(O)c1ccc2c(c1)C(C)(C)CO2. The molecule has 2 rings (SSSR count). The second-order valence-electron chi connectivity index (χ2n) is 6.14. The van der Waals surface area contributed by atoms with Crippen molar-refractivity contribution >= 4 is 0 Å². The predicted octanol–water partition coefficient (Wildman–Crippen LogP) is 3.83. The molecule has 0 saturated carbocycles. The van der Waals surface area contributed by atoms with Crippen molar-refractivity contribution in [2.24, 2.45) is 5.92 Å². The Hall–Kier alpha value is -1.02. The monoisotopic (exact) mass is 248 g/mol. The number of hydrogen-bond acceptors (Lipinski definition) is 2. The largest absolute Gasteiger partial charge is 0.492 e. The van der Waals surface area contributed by atoms with Gasteiger partial charge in [-0.25, -0.2) is 0 Å². The van der Waals surface area contributed by atoms with Gasteiger partial charge < -0.3 is 9.84 Å². The van der Waals surface area contributed by atoms with Crippen LogP contribution in [0.25, 0.3) is 0 Å². The summed E-state index contributed by atoms with van der Waals surface area (Å²) in [5.41, 5.74) is 2.30. The Balaban J connectivity index is 2.26. The van der Waals surface area contributed by atoms with Crippen molar-refractivity contribution < 1.29 is 9.84 Å². The van der Waals surface area contributed by atoms with E-state index in [0.717, 1.165) is 30.8 Å². The van der Waals surface area contributed by atoms with Crippen LogP contribution < -0.4 is 4.74 Å². The van der Waals surface area contributed by atoms with Crippen LogP contribution in [0.15, 0.2) is 18.2 Å². The van der Waals surface area contributed by atoms with Crippen LogP contribution in [0.4, 0.5) is 0 Å². The summed E-state index contributed by atoms with van der Waals surface area (Å²) in [4.78, 5) is 0. The lowest BCUT2D eigenvalue weighted by molar-refractivity contribution is 0.112. The van der Waals surface area contributed by atoms with Gasteiger partial charge in [0.2, 0.25) is 0 Å². The minimum absolute atomic E-state index is 0.0546. The fraction of sp³-hybridized carbons (Fsp3) is 0.625. The van der Waals surface area contributed by atoms with Crippen LogP contribution in [0.3, 0.4) is 0 Å². The third-order valence-corrected chi connectivity index (χ3v) is 3.95. The summed E-state index contributed by atoms with van der Waals surface area (Å²) in [5.74, 6) is 1.28. The van der Waals surface area contributed by atoms with Crippen LogP contribution >= 0.6 is 0 Å². The van der Waals surface area contributed by atoms with Crippen molar-refractivity contribution in [1.29, 1.82) is 0 Å². The third kappa shape index (κ3) is 2.39. The normalized spacial score (nSPS) is 20.1. The minimum atomic E-state index is -0.369. The summed E-state index contributed by atoms with van der Waals surface area (Å²) in [6.07, 6.45) is 1.79. The molecule has 100 valence electrons. The Morgan fingerprint density at radius 1 is 1.39 bits per heavy atom. The molecule has 1 aromatic carbocycles. The number of rotatable bonds is 4. The van der Waals surface area contributed by atoms with Gasteiger partial charge in [0.1, 0.15) is 5.75 Å². The van der Waals surface area contributed by atoms with E-state index in [9.17, 15) is 5.11 Å². The first-order valence-electron chi connectivity index (χ1n) is 6.91. The van der Waals surface area contributed by atoms with Gasteiger partial charge in [-0.15, -0.1) is 0 Å². The predicted molar refractivity (Wildman–Crippen MR) is 74.0 cm³/mol. The molecule has 1 heterocycles. The molecule has 18 heavy (non-hydrogen) atoms. The van der Waals surface area contributed by atoms with Gasteiger partial charge in [-0.2, -0.15) is 0 Å². The van der Waals surface area contributed by atoms with E-state index < -0.39 is 0 Å². The van der Waals surface area contributed by atoms with Gasteiger partial charge in [0, 0.05) is 11.0 Å². The highest BCUT2D eigenvalue weighted by atomic mass is 16.5. The van der Waals surface area contributed by atoms with E-state index in [1.54, 1.807) is 0 Å². The van der Waals surface area contributed by atoms with Crippen molar-refractivity contribution in [2.45, 2.75) is 52.1 Å². The van der Waals surface area contributed by atoms with E-state index in [2.05, 4.69) is 33.8 Å². The van der Waals surface area contributed by atoms with Crippen molar-refractivity contribution in [2.75, 3.05) is 6.61 Å². The number of aliphatic hydroxyl groups excluding tert-OH is 1. The molecule has 0 spiro atoms. The number of ether oxygens (including phenoxy) is 1. The lowest BCUT2D eigenvalue weighted by Gasteiger charge is -2.21. The van der Waals surface area contributed by atoms with Crippen molar-refractivity contribution in [3.8, 4) is 5.75 Å². The summed E-state index contributed by atoms with van der Waals surface area (Å²) in [5, 5.41) is 10.4. The lowest BCUT2D eigenvalue weighted by atomic mass is 9.84. The van der Waals surface area contributed by atoms with Crippen molar-refractivity contribution in [3.05, 3.63) is 29.3 Å². The summed E-state index contributed by atoms with van der Waals surface area (Å²) >= 11 is 0. The summed E-state index contributed by atoms with van der Waals surface area (Å²) in [6.45, 7) is 9.37. The maximum Gasteiger partial charge on any atom is 0.123 e. The zero-order valence-corrected chi connectivity index (χ0v) is 11.9. The molecule has 1 aliphatic rings. The smallest absolute Gasteiger partial charge is 0.123 e. The lowest BCUT2D eigenvalue weighted by Crippen LogP contribution is -2.18. The molecule has 2 heteroatoms. The molecule has 0 bridgehead atoms. The zero-order chi connectivity index (χ0) is 13.3. The van der Waals surface area contributed by atoms with Crippen LogP contribution in [0.2, 0.25) is 0 Å². The van der Waals surface area contributed by atoms with Gasteiger partial charge >= 0.3 is 0 Å². The first-order chi connectivity index (χ1) is 8.45. The molecular formula is C16H24O2. The number of fused-ring (bicyclic) bond motifs is 1. The van der Waals surface area contributed by atoms with Gasteiger partial charge in [-0.1, -0.05) is 40.2 Å². The van der Waals surface area contributed by atoms with Crippen LogP contribution in [-0.2, 0) is 5.41 Å². The molecule has 0 amide bonds. The van der Waals surface area contributed by atoms with E-state index in [0.29, 0.717) is 5.92 Å². The van der Waals surface area contributed by atoms with Crippen LogP contribution in [0.5, 0.6) is 5.75 Å². The van der Waals surface area contributed by atoms with Gasteiger partial charge in [0.05, 0.1) is 12.7 Å². The number of benzene rings is 1. The van der Waals surface area contributed by atoms with Gasteiger partial charge in [-0.3, -0.25) is 0 Å². The molecule has 0 fully saturated rings. The summed E-state index contributed by atoms with van der Waals surface area (Å²) in [7, 11) is 0. The topological polar surface area (TPSA) is 29.5 Å². The standard InChI is InChI=1S/C16H24O2/c1-5-6-11(2)15(17)12-7-8-14-13(9-12)16(3,4)10-18-14/h7-9,11,15,17H,5-6,10H2,1-4H3. The first-order valence-corrected chi connectivity index (χ1v) is 6.91. The molecule has 0 radical (unpaired) electrons. The Morgan fingerprint density at radius 2 is 2.11 bits per heavy atom. The molecule has 1 N–H and O–H groups in total. The van der Waals surface area contributed by atoms with Gasteiger partial charge in [0.25, 0.3) is 0 Å². The molecule has 2 nitrogen and oxygen atoms in total. The Bertz CT molecular complexity index is 423. The molecule has 0 aromatic heterocycles. The van der Waals surface area contributed by atoms with E-state index >= 15 is 0 Å². The van der Waals surface area contributed by atoms with Crippen LogP contribution in [-0.4, -0.2) is 11.7 Å². The molecule has 1 aliphatic heterocycles. The zero-order valence-electron chi connectivity index (χ0n) is 11.9. The second kappa shape index (κ2) is 4.93. The average molecular weight is 248 g/mol. The quantitative estimate of drug-likeness (QED) is 0.877. The molecule has 1 aromatic rings. The Labute approximate surface area is 110 Å². The molecule has 2 atom stereocenters. The van der Waals surface area contributed by atoms with Crippen LogP contribution in [0.1, 0.15) is 57.8 Å². The Morgan fingerprint density at radius 3 is 2.78 bits per heavy atom. The fourth-order valence-corrected chi connectivity index (χ4v) is 2.66. The van der Waals surface area contributed by atoms with Crippen molar-refractivity contribution in [1.82, 2.24) is 0 Å². The molecule has 2 unspecified atom stereocenters. The maximum atomic E-state index is 10.4. The minimum Gasteiger partial charge on any atom is -0.492 e. The third-order valence-electron chi connectivity index (χ3n) is 3.95. The van der Waals surface area contributed by atoms with Gasteiger partial charge in [0.15, 0.2) is 0 Å². The maximum absolute atomic E-state index is 10.4. The summed E-state index contributed by atoms with van der Waals surface area (Å²) < 4.78 is 5.67. The molecule has 0 aliphatic carbocycles. The first kappa shape index (κ1) is 13.4. The van der Waals surface area contributed by atoms with Crippen molar-refractivity contribution in [3.63, 3.8) is 0 Å². The average Bonchev–Trinajstić information content (AvgIpc) is 2.64. The second-order valence-corrected chi connectivity index (χ2v) is 6.14. The molecule has 0 saturated heterocycles. The van der Waals surface area contributed by atoms with Gasteiger partial charge in [-0.05, 0) is 30.0 Å². The van der Waals surface area contributed by atoms with Crippen LogP contribution in [0, 0.1) is 5.92 Å². The van der Waals surface area contributed by atoms with E-state index in [1.165, 1.54) is 5.56 Å². The highest BCUT2D eigenvalue weighted by Gasteiger charge is 2.32. The highest BCUT2D eigenvalue weighted by molar-refractivity contribution is 5.45. The number of aliphatic hydroxyl groups is 1. The Kier molecular flexibility index (Phi) is 3.67. The highest BCUT2D eigenvalue weighted by Crippen LogP contribution is 2.40. The fourth-order valence-electron chi connectivity index (χ4n) is 2.66. The van der Waals surface area contributed by atoms with E-state index in [-0.39, 0.29) is 11.5 Å². The van der Waals surface area contributed by atoms with E-state index in [1.807, 2.05) is 12.1 Å².